The molecule has 1 aromatic carbocycles. The Balaban J connectivity index is 1.91. The Labute approximate surface area is 119 Å². The minimum absolute atomic E-state index is 0.689. The minimum atomic E-state index is 0.689. The molecule has 19 heavy (non-hydrogen) atoms. The van der Waals surface area contributed by atoms with E-state index in [9.17, 15) is 0 Å². The van der Waals surface area contributed by atoms with Crippen molar-refractivity contribution in [3.63, 3.8) is 0 Å². The van der Waals surface area contributed by atoms with Gasteiger partial charge in [-0.2, -0.15) is 0 Å². The van der Waals surface area contributed by atoms with Crippen LogP contribution in [0, 0.1) is 0 Å². The number of anilines is 1. The van der Waals surface area contributed by atoms with E-state index in [1.165, 1.54) is 6.33 Å². The number of pyridine rings is 1. The maximum absolute atomic E-state index is 4.45. The van der Waals surface area contributed by atoms with Gasteiger partial charge >= 0.3 is 0 Å². The third kappa shape index (κ3) is 2.56. The molecule has 1 N–H and O–H groups in total. The van der Waals surface area contributed by atoms with Gasteiger partial charge < -0.3 is 5.32 Å². The lowest BCUT2D eigenvalue weighted by Crippen LogP contribution is -2.01. The molecule has 0 spiro atoms. The molecule has 0 aliphatic carbocycles. The van der Waals surface area contributed by atoms with Crippen LogP contribution in [0.1, 0.15) is 5.56 Å². The van der Waals surface area contributed by atoms with Gasteiger partial charge in [0.15, 0.2) is 0 Å². The zero-order chi connectivity index (χ0) is 13.1. The fraction of sp³-hybridized carbons (Fsp3) is 0.0714. The molecule has 0 fully saturated rings. The van der Waals surface area contributed by atoms with E-state index < -0.39 is 0 Å². The molecule has 0 atom stereocenters. The molecule has 5 heteroatoms. The summed E-state index contributed by atoms with van der Waals surface area (Å²) in [7, 11) is 0. The maximum Gasteiger partial charge on any atom is 0.115 e. The molecule has 0 aliphatic rings. The molecule has 3 aromatic rings. The fourth-order valence-electron chi connectivity index (χ4n) is 1.93. The lowest BCUT2D eigenvalue weighted by atomic mass is 10.1. The molecule has 2 aromatic heterocycles. The molecule has 4 nitrogen and oxygen atoms in total. The van der Waals surface area contributed by atoms with E-state index in [1.54, 1.807) is 12.4 Å². The van der Waals surface area contributed by atoms with Crippen LogP contribution in [0.5, 0.6) is 0 Å². The van der Waals surface area contributed by atoms with Crippen molar-refractivity contribution in [2.45, 2.75) is 6.54 Å². The highest BCUT2D eigenvalue weighted by atomic mass is 79.9. The van der Waals surface area contributed by atoms with Crippen LogP contribution in [0.4, 0.5) is 5.69 Å². The Hall–Kier alpha value is -2.01. The lowest BCUT2D eigenvalue weighted by molar-refractivity contribution is 1.10. The van der Waals surface area contributed by atoms with Crippen LogP contribution in [0.3, 0.4) is 0 Å². The fourth-order valence-corrected chi connectivity index (χ4v) is 2.38. The van der Waals surface area contributed by atoms with Gasteiger partial charge in [0, 0.05) is 22.6 Å². The standard InChI is InChI=1S/C14H11BrN4/c15-13-4-3-10(14-12(13)2-1-5-18-14)6-19-11-7-16-9-17-8-11/h1-5,7-9,19H,6H2. The SMILES string of the molecule is Brc1ccc(CNc2cncnc2)c2ncccc12. The van der Waals surface area contributed by atoms with Crippen molar-refractivity contribution in [2.24, 2.45) is 0 Å². The summed E-state index contributed by atoms with van der Waals surface area (Å²) in [4.78, 5) is 12.4. The van der Waals surface area contributed by atoms with Crippen LogP contribution in [0.2, 0.25) is 0 Å². The van der Waals surface area contributed by atoms with Crippen LogP contribution in [0.15, 0.2) is 53.7 Å². The van der Waals surface area contributed by atoms with Gasteiger partial charge in [-0.3, -0.25) is 4.98 Å². The highest BCUT2D eigenvalue weighted by molar-refractivity contribution is 9.10. The summed E-state index contributed by atoms with van der Waals surface area (Å²) >= 11 is 3.55. The highest BCUT2D eigenvalue weighted by Gasteiger charge is 2.05. The molecule has 2 heterocycles. The van der Waals surface area contributed by atoms with Crippen molar-refractivity contribution >= 4 is 32.5 Å². The van der Waals surface area contributed by atoms with Crippen molar-refractivity contribution in [3.05, 3.63) is 59.2 Å². The number of nitrogens with zero attached hydrogens (tertiary/aromatic N) is 3. The Bertz CT molecular complexity index is 700. The van der Waals surface area contributed by atoms with Crippen molar-refractivity contribution in [1.82, 2.24) is 15.0 Å². The molecule has 0 radical (unpaired) electrons. The zero-order valence-electron chi connectivity index (χ0n) is 10.0. The van der Waals surface area contributed by atoms with Gasteiger partial charge in [0.25, 0.3) is 0 Å². The third-order valence-electron chi connectivity index (χ3n) is 2.84. The monoisotopic (exact) mass is 314 g/mol. The first-order chi connectivity index (χ1) is 9.34. The van der Waals surface area contributed by atoms with E-state index >= 15 is 0 Å². The summed E-state index contributed by atoms with van der Waals surface area (Å²) in [5.74, 6) is 0. The molecule has 0 aliphatic heterocycles. The number of rotatable bonds is 3. The van der Waals surface area contributed by atoms with Gasteiger partial charge in [0.05, 0.1) is 23.6 Å². The molecule has 0 saturated heterocycles. The normalized spacial score (nSPS) is 10.6. The molecule has 0 unspecified atom stereocenters. The summed E-state index contributed by atoms with van der Waals surface area (Å²) in [5.41, 5.74) is 3.04. The number of aromatic nitrogens is 3. The van der Waals surface area contributed by atoms with Gasteiger partial charge in [0.1, 0.15) is 6.33 Å². The van der Waals surface area contributed by atoms with E-state index in [4.69, 9.17) is 0 Å². The Kier molecular flexibility index (Phi) is 3.37. The second-order valence-corrected chi connectivity index (χ2v) is 4.94. The van der Waals surface area contributed by atoms with E-state index in [2.05, 4.69) is 48.3 Å². The van der Waals surface area contributed by atoms with Crippen molar-refractivity contribution in [1.29, 1.82) is 0 Å². The Morgan fingerprint density at radius 3 is 2.79 bits per heavy atom. The summed E-state index contributed by atoms with van der Waals surface area (Å²) in [5, 5.41) is 4.41. The number of halogens is 1. The largest absolute Gasteiger partial charge is 0.378 e. The second kappa shape index (κ2) is 5.32. The van der Waals surface area contributed by atoms with E-state index in [1.807, 2.05) is 18.3 Å². The van der Waals surface area contributed by atoms with Gasteiger partial charge in [-0.1, -0.05) is 28.1 Å². The van der Waals surface area contributed by atoms with Crippen LogP contribution in [-0.2, 0) is 6.54 Å². The van der Waals surface area contributed by atoms with Crippen LogP contribution in [-0.4, -0.2) is 15.0 Å². The molecular formula is C14H11BrN4. The van der Waals surface area contributed by atoms with Gasteiger partial charge in [-0.25, -0.2) is 9.97 Å². The average molecular weight is 315 g/mol. The molecule has 3 rings (SSSR count). The predicted molar refractivity (Wildman–Crippen MR) is 78.8 cm³/mol. The molecule has 0 bridgehead atoms. The summed E-state index contributed by atoms with van der Waals surface area (Å²) in [6.45, 7) is 0.689. The number of nitrogens with one attached hydrogen (secondary N) is 1. The maximum atomic E-state index is 4.45. The molecule has 0 amide bonds. The molecule has 0 saturated carbocycles. The van der Waals surface area contributed by atoms with E-state index in [0.717, 1.165) is 26.6 Å². The van der Waals surface area contributed by atoms with Crippen LogP contribution in [0.25, 0.3) is 10.9 Å². The number of hydrogen-bond donors (Lipinski definition) is 1. The minimum Gasteiger partial charge on any atom is -0.378 e. The van der Waals surface area contributed by atoms with Gasteiger partial charge in [-0.05, 0) is 17.7 Å². The second-order valence-electron chi connectivity index (χ2n) is 4.09. The third-order valence-corrected chi connectivity index (χ3v) is 3.54. The highest BCUT2D eigenvalue weighted by Crippen LogP contribution is 2.25. The molecular weight excluding hydrogens is 304 g/mol. The number of fused-ring (bicyclic) bond motifs is 1. The number of hydrogen-bond acceptors (Lipinski definition) is 4. The average Bonchev–Trinajstić information content (AvgIpc) is 2.48. The van der Waals surface area contributed by atoms with Crippen molar-refractivity contribution < 1.29 is 0 Å². The summed E-state index contributed by atoms with van der Waals surface area (Å²) < 4.78 is 1.06. The Morgan fingerprint density at radius 1 is 1.11 bits per heavy atom. The Morgan fingerprint density at radius 2 is 1.95 bits per heavy atom. The first kappa shape index (κ1) is 12.0. The zero-order valence-corrected chi connectivity index (χ0v) is 11.6. The van der Waals surface area contributed by atoms with Crippen LogP contribution >= 0.6 is 15.9 Å². The molecule has 94 valence electrons. The first-order valence-corrected chi connectivity index (χ1v) is 6.65. The summed E-state index contributed by atoms with van der Waals surface area (Å²) in [6.07, 6.45) is 6.83. The smallest absolute Gasteiger partial charge is 0.115 e. The van der Waals surface area contributed by atoms with E-state index in [0.29, 0.717) is 6.54 Å². The lowest BCUT2D eigenvalue weighted by Gasteiger charge is -2.09. The first-order valence-electron chi connectivity index (χ1n) is 5.85. The van der Waals surface area contributed by atoms with E-state index in [-0.39, 0.29) is 0 Å². The van der Waals surface area contributed by atoms with Crippen molar-refractivity contribution in [2.75, 3.05) is 5.32 Å². The van der Waals surface area contributed by atoms with Crippen molar-refractivity contribution in [3.8, 4) is 0 Å². The van der Waals surface area contributed by atoms with Gasteiger partial charge in [-0.15, -0.1) is 0 Å². The number of benzene rings is 1. The topological polar surface area (TPSA) is 50.7 Å². The van der Waals surface area contributed by atoms with Crippen LogP contribution < -0.4 is 5.32 Å². The summed E-state index contributed by atoms with van der Waals surface area (Å²) in [6, 6.07) is 8.11. The quantitative estimate of drug-likeness (QED) is 0.805. The van der Waals surface area contributed by atoms with Gasteiger partial charge in [0.2, 0.25) is 0 Å². The predicted octanol–water partition coefficient (Wildman–Crippen LogP) is 3.40.